The summed E-state index contributed by atoms with van der Waals surface area (Å²) in [7, 11) is 11.5. The summed E-state index contributed by atoms with van der Waals surface area (Å²) in [6.07, 6.45) is 1.66. The van der Waals surface area contributed by atoms with E-state index in [9.17, 15) is 19.2 Å². The van der Waals surface area contributed by atoms with Gasteiger partial charge in [-0.25, -0.2) is 9.59 Å². The lowest BCUT2D eigenvalue weighted by atomic mass is 9.95. The van der Waals surface area contributed by atoms with E-state index in [-0.39, 0.29) is 23.9 Å². The summed E-state index contributed by atoms with van der Waals surface area (Å²) in [5.41, 5.74) is 2.77. The van der Waals surface area contributed by atoms with Crippen LogP contribution in [0.3, 0.4) is 0 Å². The van der Waals surface area contributed by atoms with Crippen molar-refractivity contribution in [3.63, 3.8) is 0 Å². The van der Waals surface area contributed by atoms with Crippen LogP contribution in [0.4, 0.5) is 21.0 Å². The Morgan fingerprint density at radius 3 is 1.40 bits per heavy atom. The predicted molar refractivity (Wildman–Crippen MR) is 272 cm³/mol. The number of halogens is 1. The normalized spacial score (nSPS) is 14.2. The minimum absolute atomic E-state index is 0.179. The van der Waals surface area contributed by atoms with Crippen LogP contribution in [0.5, 0.6) is 57.5 Å². The Morgan fingerprint density at radius 2 is 1.00 bits per heavy atom. The van der Waals surface area contributed by atoms with Crippen molar-refractivity contribution in [1.29, 1.82) is 2.56 Å². The van der Waals surface area contributed by atoms with Crippen molar-refractivity contribution in [3.05, 3.63) is 82.9 Å². The minimum atomic E-state index is -0.955. The molecule has 18 nitrogen and oxygen atoms in total. The van der Waals surface area contributed by atoms with E-state index in [1.165, 1.54) is 69.0 Å². The van der Waals surface area contributed by atoms with Crippen molar-refractivity contribution < 1.29 is 76.0 Å². The van der Waals surface area contributed by atoms with Gasteiger partial charge in [0.2, 0.25) is 33.8 Å². The summed E-state index contributed by atoms with van der Waals surface area (Å²) in [5, 5.41) is 4.47. The smallest absolute Gasteiger partial charge is 0.412 e. The number of rotatable bonds is 12. The lowest BCUT2D eigenvalue weighted by Crippen LogP contribution is -2.27. The topological polar surface area (TPSA) is 203 Å². The number of nitrogens with one attached hydrogen (secondary N) is 2. The fourth-order valence-corrected chi connectivity index (χ4v) is 7.36. The Hall–Kier alpha value is -6.85. The molecule has 2 aliphatic heterocycles. The van der Waals surface area contributed by atoms with E-state index in [1.54, 1.807) is 90.1 Å². The highest BCUT2D eigenvalue weighted by Gasteiger charge is 2.32. The number of benzene rings is 4. The molecule has 2 heterocycles. The first-order chi connectivity index (χ1) is 34.0. The van der Waals surface area contributed by atoms with Gasteiger partial charge in [0.1, 0.15) is 22.7 Å². The van der Waals surface area contributed by atoms with Gasteiger partial charge >= 0.3 is 12.2 Å². The van der Waals surface area contributed by atoms with Gasteiger partial charge in [-0.3, -0.25) is 20.2 Å². The maximum atomic E-state index is 12.9. The number of ketones is 2. The first kappa shape index (κ1) is 52.5. The van der Waals surface area contributed by atoms with Crippen molar-refractivity contribution in [2.75, 3.05) is 74.1 Å². The summed E-state index contributed by atoms with van der Waals surface area (Å²) in [6, 6.07) is 13.7. The Balaban J connectivity index is 0.000000296. The molecule has 2 amide bonds. The van der Waals surface area contributed by atoms with E-state index in [0.29, 0.717) is 96.5 Å². The van der Waals surface area contributed by atoms with Gasteiger partial charge in [-0.2, -0.15) is 9.79 Å². The fraction of sp³-hybridized carbons (Fsp3) is 0.360. The van der Waals surface area contributed by atoms with Crippen LogP contribution < -0.4 is 58.0 Å². The fourth-order valence-electron chi connectivity index (χ4n) is 7.04. The number of anilines is 2. The Kier molecular flexibility index (Phi) is 17.7. The molecule has 0 saturated heterocycles. The average molecular weight is 1060 g/mol. The zero-order valence-corrected chi connectivity index (χ0v) is 44.1. The second-order valence-electron chi connectivity index (χ2n) is 16.8. The van der Waals surface area contributed by atoms with Crippen LogP contribution in [-0.2, 0) is 19.1 Å². The van der Waals surface area contributed by atoms with Crippen LogP contribution in [0.15, 0.2) is 60.7 Å². The van der Waals surface area contributed by atoms with Crippen LogP contribution >= 0.6 is 25.7 Å². The molecule has 0 aliphatic carbocycles. The van der Waals surface area contributed by atoms with Gasteiger partial charge < -0.3 is 56.8 Å². The summed E-state index contributed by atoms with van der Waals surface area (Å²) in [4.78, 5) is 50.3. The molecule has 0 spiro atoms. The Labute approximate surface area is 421 Å². The van der Waals surface area contributed by atoms with Gasteiger partial charge in [0, 0.05) is 11.1 Å². The largest absolute Gasteiger partial charge is 0.495 e. The first-order valence-corrected chi connectivity index (χ1v) is 22.0. The zero-order chi connectivity index (χ0) is 53.7. The van der Waals surface area contributed by atoms with Crippen LogP contribution in [0.2, 0.25) is 0 Å². The highest BCUT2D eigenvalue weighted by Crippen LogP contribution is 2.53. The lowest BCUT2D eigenvalue weighted by molar-refractivity contribution is -0.117. The summed E-state index contributed by atoms with van der Waals surface area (Å²) in [5.74, 6) is 2.94. The van der Waals surface area contributed by atoms with Crippen molar-refractivity contribution in [1.82, 2.24) is 0 Å². The summed E-state index contributed by atoms with van der Waals surface area (Å²) in [6.45, 7) is 10.4. The number of carbonyl (C=O) groups excluding carboxylic acids is 4. The molecule has 1 atom stereocenters. The lowest BCUT2D eigenvalue weighted by Gasteiger charge is -2.21. The molecule has 70 heavy (non-hydrogen) atoms. The molecule has 20 heteroatoms. The third kappa shape index (κ3) is 13.1. The van der Waals surface area contributed by atoms with E-state index in [2.05, 4.69) is 26.6 Å². The molecule has 378 valence electrons. The molecule has 0 fully saturated rings. The molecule has 2 aliphatic rings. The number of methoxy groups -OCH3 is 8. The molecular weight excluding hydrogens is 995 g/mol. The number of amides is 2. The number of hydrogen-bond acceptors (Lipinski definition) is 16. The highest BCUT2D eigenvalue weighted by atomic mass is 79.9. The van der Waals surface area contributed by atoms with Gasteiger partial charge in [0.15, 0.2) is 35.4 Å². The van der Waals surface area contributed by atoms with Crippen molar-refractivity contribution in [3.8, 4) is 57.5 Å². The monoisotopic (exact) mass is 1060 g/mol. The SMILES string of the molecule is COc1ccc(C2=CC(=O)C(Br)Oc3c2cc(OC)c(OC)c3OC)cc1NC(=O)OC(C)(C)C.COc1ccc(C2=CC(=O)COc3c2cc(OC)c(OC)c3OC)cc1NC(=O)OC(C)(C)C.[3H]P[3H]. The van der Waals surface area contributed by atoms with Gasteiger partial charge in [0.05, 0.1) is 70.8 Å². The molecule has 4 aromatic carbocycles. The highest BCUT2D eigenvalue weighted by molar-refractivity contribution is 9.09. The van der Waals surface area contributed by atoms with Gasteiger partial charge in [0.25, 0.3) is 0 Å². The van der Waals surface area contributed by atoms with Crippen LogP contribution in [0.25, 0.3) is 11.1 Å². The molecule has 4 aromatic rings. The third-order valence-electron chi connectivity index (χ3n) is 9.84. The average Bonchev–Trinajstić information content (AvgIpc) is 3.56. The molecule has 6 rings (SSSR count). The van der Waals surface area contributed by atoms with E-state index in [1.807, 2.05) is 0 Å². The number of carbonyl (C=O) groups is 4. The van der Waals surface area contributed by atoms with E-state index >= 15 is 0 Å². The number of ether oxygens (including phenoxy) is 12. The second kappa shape index (κ2) is 23.6. The molecule has 0 radical (unpaired) electrons. The maximum absolute atomic E-state index is 12.9. The van der Waals surface area contributed by atoms with Gasteiger partial charge in [-0.05, 0) is 128 Å². The van der Waals surface area contributed by atoms with E-state index < -0.39 is 38.2 Å². The van der Waals surface area contributed by atoms with Crippen molar-refractivity contribution >= 4 is 72.0 Å². The van der Waals surface area contributed by atoms with Crippen molar-refractivity contribution in [2.24, 2.45) is 0 Å². The number of fused-ring (bicyclic) bond motifs is 2. The maximum Gasteiger partial charge on any atom is 0.412 e. The zero-order valence-electron chi connectivity index (χ0n) is 43.5. The van der Waals surface area contributed by atoms with Crippen LogP contribution in [0.1, 0.15) is 63.8 Å². The molecular formula is C50H60BrN2O16P. The molecule has 1 unspecified atom stereocenters. The second-order valence-corrected chi connectivity index (χ2v) is 17.7. The van der Waals surface area contributed by atoms with E-state index in [0.717, 1.165) is 0 Å². The summed E-state index contributed by atoms with van der Waals surface area (Å²) >= 11 is 3.28. The van der Waals surface area contributed by atoms with Gasteiger partial charge in [-0.1, -0.05) is 12.1 Å². The van der Waals surface area contributed by atoms with Crippen LogP contribution in [0, 0.1) is 0 Å². The van der Waals surface area contributed by atoms with Crippen LogP contribution in [-0.4, -0.2) is 106 Å². The third-order valence-corrected chi connectivity index (χ3v) is 10.5. The molecule has 2 N–H and O–H groups in total. The first-order valence-electron chi connectivity index (χ1n) is 22.1. The quantitative estimate of drug-likeness (QED) is 0.100. The molecule has 0 bridgehead atoms. The number of hydrogen-bond donors (Lipinski definition) is 2. The Morgan fingerprint density at radius 1 is 0.600 bits per heavy atom. The van der Waals surface area contributed by atoms with Gasteiger partial charge in [-0.15, -0.1) is 0 Å². The predicted octanol–water partition coefficient (Wildman–Crippen LogP) is 9.70. The van der Waals surface area contributed by atoms with E-state index in [4.69, 9.17) is 59.4 Å². The minimum Gasteiger partial charge on any atom is -0.495 e. The summed E-state index contributed by atoms with van der Waals surface area (Å²) < 4.78 is 78.1. The van der Waals surface area contributed by atoms with Crippen molar-refractivity contribution in [2.45, 2.75) is 57.8 Å². The number of alkyl halides is 1. The standard InChI is InChI=1S/C25H28BrNO8.C25H29NO8.H3P/c1-25(2,3)35-24(29)27-16-10-13(8-9-18(16)30-4)14-11-17(28)23(26)34-20-15(14)12-19(31-5)21(32-6)22(20)33-7;1-25(2,3)34-24(28)26-18-10-14(8-9-19(18)29-4)16-11-15(27)13-33-21-17(16)12-20(30-5)22(31-6)23(21)32-7;/h8-12,23H,1-7H3,(H,27,29);8-12H,13H2,1-7H3,(H,26,28);1H3/i;;1T2. The molecule has 0 saturated carbocycles. The Bertz CT molecular complexity index is 2700. The molecule has 0 aromatic heterocycles.